The SMILES string of the molecule is CCOC(=O)C1=C(C)N=c2s/c(=C\c3ccc(OC)c(OC)c3)c(=O)n2[C@H]1c1ccc(SC)cc1. The molecule has 0 bridgehead atoms. The number of carbonyl (C=O) groups excluding carboxylic acids is 1. The highest BCUT2D eigenvalue weighted by Gasteiger charge is 2.33. The summed E-state index contributed by atoms with van der Waals surface area (Å²) in [6, 6.07) is 12.7. The first-order valence-corrected chi connectivity index (χ1v) is 13.0. The lowest BCUT2D eigenvalue weighted by Gasteiger charge is -2.24. The summed E-state index contributed by atoms with van der Waals surface area (Å²) in [5, 5.41) is 0. The summed E-state index contributed by atoms with van der Waals surface area (Å²) in [5.74, 6) is 0.706. The Morgan fingerprint density at radius 2 is 1.86 bits per heavy atom. The van der Waals surface area contributed by atoms with Crippen LogP contribution in [-0.2, 0) is 9.53 Å². The van der Waals surface area contributed by atoms with Gasteiger partial charge in [0.2, 0.25) is 0 Å². The average Bonchev–Trinajstić information content (AvgIpc) is 3.17. The summed E-state index contributed by atoms with van der Waals surface area (Å²) in [6.45, 7) is 3.77. The molecule has 0 spiro atoms. The van der Waals surface area contributed by atoms with Crippen LogP contribution in [0.15, 0.2) is 68.4 Å². The van der Waals surface area contributed by atoms with E-state index in [1.165, 1.54) is 11.3 Å². The molecule has 0 radical (unpaired) electrons. The number of ether oxygens (including phenoxy) is 3. The van der Waals surface area contributed by atoms with Crippen molar-refractivity contribution in [3.63, 3.8) is 0 Å². The number of hydrogen-bond acceptors (Lipinski definition) is 8. The smallest absolute Gasteiger partial charge is 0.338 e. The Bertz CT molecular complexity index is 1470. The van der Waals surface area contributed by atoms with E-state index < -0.39 is 12.0 Å². The van der Waals surface area contributed by atoms with Gasteiger partial charge in [0.05, 0.1) is 42.7 Å². The first kappa shape index (κ1) is 24.8. The number of carbonyl (C=O) groups is 1. The molecule has 4 rings (SSSR count). The highest BCUT2D eigenvalue weighted by Crippen LogP contribution is 2.32. The van der Waals surface area contributed by atoms with E-state index in [9.17, 15) is 9.59 Å². The molecule has 2 aromatic carbocycles. The van der Waals surface area contributed by atoms with Crippen molar-refractivity contribution in [2.24, 2.45) is 4.99 Å². The fraction of sp³-hybridized carbons (Fsp3) is 0.269. The summed E-state index contributed by atoms with van der Waals surface area (Å²) in [6.07, 6.45) is 3.80. The lowest BCUT2D eigenvalue weighted by molar-refractivity contribution is -0.139. The molecule has 0 unspecified atom stereocenters. The third kappa shape index (κ3) is 4.78. The average molecular weight is 511 g/mol. The molecule has 0 amide bonds. The second kappa shape index (κ2) is 10.5. The first-order valence-electron chi connectivity index (χ1n) is 11.0. The fourth-order valence-corrected chi connectivity index (χ4v) is 5.44. The van der Waals surface area contributed by atoms with Crippen LogP contribution in [0.3, 0.4) is 0 Å². The molecule has 0 aliphatic carbocycles. The minimum absolute atomic E-state index is 0.225. The van der Waals surface area contributed by atoms with Crippen LogP contribution in [0.1, 0.15) is 31.0 Å². The molecule has 1 aliphatic rings. The number of thiazole rings is 1. The van der Waals surface area contributed by atoms with Gasteiger partial charge in [-0.25, -0.2) is 9.79 Å². The summed E-state index contributed by atoms with van der Waals surface area (Å²) < 4.78 is 18.1. The molecule has 3 aromatic rings. The monoisotopic (exact) mass is 510 g/mol. The summed E-state index contributed by atoms with van der Waals surface area (Å²) in [4.78, 5) is 32.9. The number of aromatic nitrogens is 1. The van der Waals surface area contributed by atoms with Crippen molar-refractivity contribution >= 4 is 35.1 Å². The van der Waals surface area contributed by atoms with Gasteiger partial charge in [-0.1, -0.05) is 29.5 Å². The van der Waals surface area contributed by atoms with Crippen LogP contribution >= 0.6 is 23.1 Å². The third-order valence-corrected chi connectivity index (χ3v) is 7.38. The first-order chi connectivity index (χ1) is 16.9. The normalized spacial score (nSPS) is 15.5. The molecule has 1 aliphatic heterocycles. The van der Waals surface area contributed by atoms with E-state index in [0.29, 0.717) is 32.1 Å². The Hall–Kier alpha value is -3.30. The number of allylic oxidation sites excluding steroid dienone is 1. The van der Waals surface area contributed by atoms with Crippen molar-refractivity contribution in [2.45, 2.75) is 24.8 Å². The molecule has 0 N–H and O–H groups in total. The third-order valence-electron chi connectivity index (χ3n) is 5.65. The lowest BCUT2D eigenvalue weighted by Crippen LogP contribution is -2.39. The topological polar surface area (TPSA) is 79.1 Å². The highest BCUT2D eigenvalue weighted by molar-refractivity contribution is 7.98. The van der Waals surface area contributed by atoms with E-state index in [0.717, 1.165) is 16.0 Å². The Labute approximate surface area is 211 Å². The number of methoxy groups -OCH3 is 2. The molecule has 1 atom stereocenters. The molecule has 35 heavy (non-hydrogen) atoms. The Kier molecular flexibility index (Phi) is 7.47. The Morgan fingerprint density at radius 1 is 1.14 bits per heavy atom. The van der Waals surface area contributed by atoms with Gasteiger partial charge >= 0.3 is 5.97 Å². The van der Waals surface area contributed by atoms with Crippen LogP contribution < -0.4 is 24.4 Å². The Morgan fingerprint density at radius 3 is 2.49 bits per heavy atom. The maximum Gasteiger partial charge on any atom is 0.338 e. The number of thioether (sulfide) groups is 1. The number of esters is 1. The summed E-state index contributed by atoms with van der Waals surface area (Å²) in [7, 11) is 3.14. The molecule has 2 heterocycles. The van der Waals surface area contributed by atoms with Gasteiger partial charge in [0.1, 0.15) is 0 Å². The number of fused-ring (bicyclic) bond motifs is 1. The number of benzene rings is 2. The van der Waals surface area contributed by atoms with E-state index in [1.54, 1.807) is 56.5 Å². The maximum absolute atomic E-state index is 13.7. The molecule has 0 saturated heterocycles. The van der Waals surface area contributed by atoms with Crippen LogP contribution in [0, 0.1) is 0 Å². The minimum Gasteiger partial charge on any atom is -0.493 e. The van der Waals surface area contributed by atoms with Gasteiger partial charge in [-0.3, -0.25) is 9.36 Å². The van der Waals surface area contributed by atoms with Crippen molar-refractivity contribution in [3.05, 3.63) is 84.5 Å². The maximum atomic E-state index is 13.7. The van der Waals surface area contributed by atoms with Crippen molar-refractivity contribution in [2.75, 3.05) is 27.1 Å². The molecular formula is C26H26N2O5S2. The van der Waals surface area contributed by atoms with E-state index in [4.69, 9.17) is 14.2 Å². The molecule has 9 heteroatoms. The van der Waals surface area contributed by atoms with Crippen molar-refractivity contribution in [1.29, 1.82) is 0 Å². The van der Waals surface area contributed by atoms with E-state index >= 15 is 0 Å². The van der Waals surface area contributed by atoms with Crippen LogP contribution in [0.25, 0.3) is 6.08 Å². The molecular weight excluding hydrogens is 484 g/mol. The van der Waals surface area contributed by atoms with Gasteiger partial charge in [-0.15, -0.1) is 11.8 Å². The second-order valence-corrected chi connectivity index (χ2v) is 9.58. The van der Waals surface area contributed by atoms with E-state index in [2.05, 4.69) is 4.99 Å². The predicted octanol–water partition coefficient (Wildman–Crippen LogP) is 3.54. The van der Waals surface area contributed by atoms with Gasteiger partial charge in [0.25, 0.3) is 5.56 Å². The highest BCUT2D eigenvalue weighted by atomic mass is 32.2. The van der Waals surface area contributed by atoms with Crippen LogP contribution in [-0.4, -0.2) is 37.6 Å². The van der Waals surface area contributed by atoms with E-state index in [-0.39, 0.29) is 12.2 Å². The van der Waals surface area contributed by atoms with Crippen LogP contribution in [0.5, 0.6) is 11.5 Å². The van der Waals surface area contributed by atoms with Gasteiger partial charge < -0.3 is 14.2 Å². The molecule has 7 nitrogen and oxygen atoms in total. The molecule has 1 aromatic heterocycles. The summed E-state index contributed by atoms with van der Waals surface area (Å²) in [5.41, 5.74) is 2.29. The number of nitrogens with zero attached hydrogens (tertiary/aromatic N) is 2. The van der Waals surface area contributed by atoms with Crippen molar-refractivity contribution in [3.8, 4) is 11.5 Å². The zero-order valence-corrected chi connectivity index (χ0v) is 21.8. The van der Waals surface area contributed by atoms with Gasteiger partial charge in [-0.05, 0) is 61.6 Å². The van der Waals surface area contributed by atoms with Gasteiger partial charge in [0, 0.05) is 4.90 Å². The molecule has 182 valence electrons. The largest absolute Gasteiger partial charge is 0.493 e. The summed E-state index contributed by atoms with van der Waals surface area (Å²) >= 11 is 2.91. The van der Waals surface area contributed by atoms with Crippen LogP contribution in [0.2, 0.25) is 0 Å². The minimum atomic E-state index is -0.631. The van der Waals surface area contributed by atoms with Gasteiger partial charge in [-0.2, -0.15) is 0 Å². The standard InChI is InChI=1S/C26H26N2O5S2/c1-6-33-25(30)22-15(2)27-26-28(23(22)17-8-10-18(34-5)11-9-17)24(29)21(35-26)14-16-7-12-19(31-3)20(13-16)32-4/h7-14,23H,6H2,1-5H3/b21-14-/t23-/m0/s1. The zero-order chi connectivity index (χ0) is 25.1. The molecule has 0 saturated carbocycles. The number of rotatable bonds is 7. The fourth-order valence-electron chi connectivity index (χ4n) is 3.99. The van der Waals surface area contributed by atoms with Crippen molar-refractivity contribution in [1.82, 2.24) is 4.57 Å². The van der Waals surface area contributed by atoms with E-state index in [1.807, 2.05) is 42.7 Å². The Balaban J connectivity index is 1.91. The second-order valence-electron chi connectivity index (χ2n) is 7.69. The number of hydrogen-bond donors (Lipinski definition) is 0. The predicted molar refractivity (Wildman–Crippen MR) is 138 cm³/mol. The van der Waals surface area contributed by atoms with Gasteiger partial charge in [0.15, 0.2) is 16.3 Å². The van der Waals surface area contributed by atoms with Crippen molar-refractivity contribution < 1.29 is 19.0 Å². The lowest BCUT2D eigenvalue weighted by atomic mass is 9.96. The quantitative estimate of drug-likeness (QED) is 0.357. The molecule has 0 fully saturated rings. The zero-order valence-electron chi connectivity index (χ0n) is 20.2. The van der Waals surface area contributed by atoms with Crippen LogP contribution in [0.4, 0.5) is 0 Å².